The average molecular weight is 377 g/mol. The monoisotopic (exact) mass is 376 g/mol. The molecule has 2 N–H and O–H groups in total. The highest BCUT2D eigenvalue weighted by atomic mass is 127. The van der Waals surface area contributed by atoms with Gasteiger partial charge in [-0.05, 0) is 53.8 Å². The van der Waals surface area contributed by atoms with Gasteiger partial charge in [0.15, 0.2) is 0 Å². The van der Waals surface area contributed by atoms with E-state index in [4.69, 9.17) is 11.6 Å². The first-order valence-electron chi connectivity index (χ1n) is 5.78. The number of rotatable bonds is 3. The van der Waals surface area contributed by atoms with Crippen molar-refractivity contribution in [3.63, 3.8) is 0 Å². The number of halogens is 2. The van der Waals surface area contributed by atoms with E-state index in [0.29, 0.717) is 17.1 Å². The van der Waals surface area contributed by atoms with Gasteiger partial charge in [-0.25, -0.2) is 0 Å². The molecule has 0 aliphatic carbocycles. The van der Waals surface area contributed by atoms with Gasteiger partial charge >= 0.3 is 0 Å². The number of nitrogens with one attached hydrogen (secondary N) is 2. The maximum absolute atomic E-state index is 12.0. The van der Waals surface area contributed by atoms with E-state index in [0.717, 1.165) is 23.1 Å². The Hall–Kier alpha value is -0.590. The fraction of sp³-hybridized carbons (Fsp3) is 0.308. The summed E-state index contributed by atoms with van der Waals surface area (Å²) in [6, 6.07) is 5.34. The summed E-state index contributed by atoms with van der Waals surface area (Å²) < 4.78 is 0.911. The van der Waals surface area contributed by atoms with Crippen LogP contribution in [0.25, 0.3) is 0 Å². The average Bonchev–Trinajstić information content (AvgIpc) is 2.40. The first-order valence-corrected chi connectivity index (χ1v) is 7.24. The van der Waals surface area contributed by atoms with E-state index in [9.17, 15) is 4.79 Å². The van der Waals surface area contributed by atoms with Gasteiger partial charge in [-0.1, -0.05) is 23.3 Å². The molecule has 0 radical (unpaired) electrons. The Kier molecular flexibility index (Phi) is 5.03. The molecule has 96 valence electrons. The first kappa shape index (κ1) is 13.8. The molecular weight excluding hydrogens is 363 g/mol. The Bertz CT molecular complexity index is 488. The van der Waals surface area contributed by atoms with Crippen molar-refractivity contribution >= 4 is 40.1 Å². The molecule has 5 heteroatoms. The number of carbonyl (C=O) groups excluding carboxylic acids is 1. The summed E-state index contributed by atoms with van der Waals surface area (Å²) in [5.41, 5.74) is 1.91. The largest absolute Gasteiger partial charge is 0.348 e. The molecule has 1 heterocycles. The smallest absolute Gasteiger partial charge is 0.252 e. The third-order valence-corrected chi connectivity index (χ3v) is 3.98. The molecule has 0 unspecified atom stereocenters. The highest BCUT2D eigenvalue weighted by Gasteiger charge is 2.11. The number of benzene rings is 1. The van der Waals surface area contributed by atoms with E-state index >= 15 is 0 Å². The summed E-state index contributed by atoms with van der Waals surface area (Å²) in [7, 11) is 0. The van der Waals surface area contributed by atoms with Crippen LogP contribution in [0.5, 0.6) is 0 Å². The summed E-state index contributed by atoms with van der Waals surface area (Å²) in [5.74, 6) is -0.0682. The lowest BCUT2D eigenvalue weighted by atomic mass is 10.1. The summed E-state index contributed by atoms with van der Waals surface area (Å²) in [5, 5.41) is 6.77. The lowest BCUT2D eigenvalue weighted by molar-refractivity contribution is 0.0955. The van der Waals surface area contributed by atoms with E-state index in [-0.39, 0.29) is 5.91 Å². The fourth-order valence-electron chi connectivity index (χ4n) is 1.79. The highest BCUT2D eigenvalue weighted by Crippen LogP contribution is 2.18. The second-order valence-electron chi connectivity index (χ2n) is 4.12. The van der Waals surface area contributed by atoms with Crippen LogP contribution in [0.1, 0.15) is 16.8 Å². The van der Waals surface area contributed by atoms with Crippen LogP contribution in [-0.4, -0.2) is 25.5 Å². The second-order valence-corrected chi connectivity index (χ2v) is 5.72. The quantitative estimate of drug-likeness (QED) is 0.629. The van der Waals surface area contributed by atoms with E-state index in [1.807, 2.05) is 6.07 Å². The number of hydrogen-bond donors (Lipinski definition) is 2. The number of hydrogen-bond acceptors (Lipinski definition) is 2. The predicted octanol–water partition coefficient (Wildman–Crippen LogP) is 2.59. The maximum atomic E-state index is 12.0. The van der Waals surface area contributed by atoms with Gasteiger partial charge in [0.25, 0.3) is 5.91 Å². The van der Waals surface area contributed by atoms with E-state index in [2.05, 4.69) is 39.3 Å². The molecule has 0 saturated heterocycles. The predicted molar refractivity (Wildman–Crippen MR) is 82.1 cm³/mol. The van der Waals surface area contributed by atoms with Gasteiger partial charge in [0, 0.05) is 21.7 Å². The molecule has 0 atom stereocenters. The Morgan fingerprint density at radius 3 is 3.06 bits per heavy atom. The lowest BCUT2D eigenvalue weighted by Gasteiger charge is -2.15. The second kappa shape index (κ2) is 6.54. The van der Waals surface area contributed by atoms with Crippen LogP contribution in [0.3, 0.4) is 0 Å². The summed E-state index contributed by atoms with van der Waals surface area (Å²) in [6.07, 6.45) is 3.12. The molecule has 2 rings (SSSR count). The van der Waals surface area contributed by atoms with Crippen molar-refractivity contribution in [2.24, 2.45) is 0 Å². The molecule has 3 nitrogen and oxygen atoms in total. The molecule has 1 aliphatic rings. The van der Waals surface area contributed by atoms with Gasteiger partial charge in [0.05, 0.1) is 5.56 Å². The van der Waals surface area contributed by atoms with Crippen LogP contribution >= 0.6 is 34.2 Å². The SMILES string of the molecule is O=C(NCC1=CCNCC1)c1cc(Cl)ccc1I. The zero-order valence-corrected chi connectivity index (χ0v) is 12.7. The van der Waals surface area contributed by atoms with Crippen LogP contribution in [0, 0.1) is 3.57 Å². The van der Waals surface area contributed by atoms with Crippen LogP contribution in [0.4, 0.5) is 0 Å². The first-order chi connectivity index (χ1) is 8.66. The molecule has 18 heavy (non-hydrogen) atoms. The third kappa shape index (κ3) is 3.70. The third-order valence-electron chi connectivity index (χ3n) is 2.81. The number of carbonyl (C=O) groups is 1. The summed E-state index contributed by atoms with van der Waals surface area (Å²) in [4.78, 5) is 12.0. The summed E-state index contributed by atoms with van der Waals surface area (Å²) >= 11 is 8.05. The fourth-order valence-corrected chi connectivity index (χ4v) is 2.54. The molecule has 0 aromatic heterocycles. The van der Waals surface area contributed by atoms with Crippen molar-refractivity contribution < 1.29 is 4.79 Å². The molecule has 1 aromatic carbocycles. The van der Waals surface area contributed by atoms with Gasteiger partial charge < -0.3 is 10.6 Å². The number of amides is 1. The lowest BCUT2D eigenvalue weighted by Crippen LogP contribution is -2.30. The molecular formula is C13H14ClIN2O. The van der Waals surface area contributed by atoms with Crippen molar-refractivity contribution in [3.05, 3.63) is 44.0 Å². The van der Waals surface area contributed by atoms with E-state index < -0.39 is 0 Å². The normalized spacial score (nSPS) is 15.1. The molecule has 0 bridgehead atoms. The van der Waals surface area contributed by atoms with Gasteiger partial charge in [0.1, 0.15) is 0 Å². The van der Waals surface area contributed by atoms with Gasteiger partial charge in [-0.15, -0.1) is 0 Å². The van der Waals surface area contributed by atoms with E-state index in [1.54, 1.807) is 12.1 Å². The Balaban J connectivity index is 1.99. The standard InChI is InChI=1S/C13H14ClIN2O/c14-10-1-2-12(15)11(7-10)13(18)17-8-9-3-5-16-6-4-9/h1-3,7,16H,4-6,8H2,(H,17,18). The van der Waals surface area contributed by atoms with Gasteiger partial charge in [0.2, 0.25) is 0 Å². The van der Waals surface area contributed by atoms with Crippen molar-refractivity contribution in [1.82, 2.24) is 10.6 Å². The Morgan fingerprint density at radius 2 is 2.33 bits per heavy atom. The molecule has 0 spiro atoms. The highest BCUT2D eigenvalue weighted by molar-refractivity contribution is 14.1. The maximum Gasteiger partial charge on any atom is 0.252 e. The topological polar surface area (TPSA) is 41.1 Å². The van der Waals surface area contributed by atoms with Crippen molar-refractivity contribution in [2.75, 3.05) is 19.6 Å². The minimum atomic E-state index is -0.0682. The molecule has 0 fully saturated rings. The van der Waals surface area contributed by atoms with Gasteiger partial charge in [-0.3, -0.25) is 4.79 Å². The van der Waals surface area contributed by atoms with Crippen LogP contribution in [0.15, 0.2) is 29.8 Å². The van der Waals surface area contributed by atoms with Crippen molar-refractivity contribution in [1.29, 1.82) is 0 Å². The molecule has 1 aliphatic heterocycles. The van der Waals surface area contributed by atoms with Crippen LogP contribution < -0.4 is 10.6 Å². The van der Waals surface area contributed by atoms with Crippen molar-refractivity contribution in [3.8, 4) is 0 Å². The van der Waals surface area contributed by atoms with Gasteiger partial charge in [-0.2, -0.15) is 0 Å². The molecule has 1 amide bonds. The molecule has 0 saturated carbocycles. The Labute approximate surface area is 125 Å². The van der Waals surface area contributed by atoms with Crippen molar-refractivity contribution in [2.45, 2.75) is 6.42 Å². The van der Waals surface area contributed by atoms with E-state index in [1.165, 1.54) is 5.57 Å². The summed E-state index contributed by atoms with van der Waals surface area (Å²) in [6.45, 7) is 2.49. The minimum absolute atomic E-state index is 0.0682. The zero-order valence-electron chi connectivity index (χ0n) is 9.80. The zero-order chi connectivity index (χ0) is 13.0. The van der Waals surface area contributed by atoms with Crippen LogP contribution in [-0.2, 0) is 0 Å². The van der Waals surface area contributed by atoms with Crippen LogP contribution in [0.2, 0.25) is 5.02 Å². The minimum Gasteiger partial charge on any atom is -0.348 e. The molecule has 1 aromatic rings. The Morgan fingerprint density at radius 1 is 1.50 bits per heavy atom.